The van der Waals surface area contributed by atoms with E-state index in [4.69, 9.17) is 14.2 Å². The predicted octanol–water partition coefficient (Wildman–Crippen LogP) is 2.33. The van der Waals surface area contributed by atoms with Crippen LogP contribution in [0.1, 0.15) is 5.56 Å². The Kier molecular flexibility index (Phi) is 4.66. The zero-order valence-corrected chi connectivity index (χ0v) is 14.1. The van der Waals surface area contributed by atoms with Gasteiger partial charge in [-0.1, -0.05) is 18.2 Å². The van der Waals surface area contributed by atoms with Crippen molar-refractivity contribution in [2.45, 2.75) is 18.4 Å². The molecular weight excluding hydrogens is 334 g/mol. The van der Waals surface area contributed by atoms with E-state index < -0.39 is 5.79 Å². The van der Waals surface area contributed by atoms with Crippen molar-refractivity contribution in [3.8, 4) is 11.5 Å². The van der Waals surface area contributed by atoms with E-state index in [9.17, 15) is 5.11 Å². The van der Waals surface area contributed by atoms with E-state index in [1.54, 1.807) is 11.0 Å². The van der Waals surface area contributed by atoms with Crippen LogP contribution in [0, 0.1) is 0 Å². The van der Waals surface area contributed by atoms with Gasteiger partial charge in [0.1, 0.15) is 36.8 Å². The molecule has 1 N–H and O–H groups in total. The smallest absolute Gasteiger partial charge is 0.215 e. The molecule has 1 saturated heterocycles. The fourth-order valence-electron chi connectivity index (χ4n) is 2.91. The third-order valence-electron chi connectivity index (χ3n) is 4.17. The zero-order valence-electron chi connectivity index (χ0n) is 14.1. The van der Waals surface area contributed by atoms with Crippen LogP contribution >= 0.6 is 0 Å². The molecule has 0 amide bonds. The molecule has 2 aromatic carbocycles. The highest BCUT2D eigenvalue weighted by Gasteiger charge is 2.43. The Balaban J connectivity index is 1.57. The van der Waals surface area contributed by atoms with E-state index >= 15 is 0 Å². The lowest BCUT2D eigenvalue weighted by Crippen LogP contribution is -2.34. The summed E-state index contributed by atoms with van der Waals surface area (Å²) in [5, 5.41) is 13.6. The summed E-state index contributed by atoms with van der Waals surface area (Å²) in [5.74, 6) is 0.464. The van der Waals surface area contributed by atoms with Gasteiger partial charge in [-0.15, -0.1) is 0 Å². The van der Waals surface area contributed by atoms with Crippen molar-refractivity contribution < 1.29 is 19.3 Å². The van der Waals surface area contributed by atoms with Gasteiger partial charge in [0, 0.05) is 5.56 Å². The second-order valence-corrected chi connectivity index (χ2v) is 6.02. The SMILES string of the molecule is OCC1COC(Cn2cncn2)(c2ccc(Oc3ccccc3)cc2)O1. The molecule has 134 valence electrons. The van der Waals surface area contributed by atoms with Crippen LogP contribution in [0.4, 0.5) is 0 Å². The Morgan fingerprint density at radius 1 is 1.12 bits per heavy atom. The van der Waals surface area contributed by atoms with Crippen molar-refractivity contribution in [3.05, 3.63) is 72.8 Å². The molecule has 4 rings (SSSR count). The summed E-state index contributed by atoms with van der Waals surface area (Å²) < 4.78 is 19.4. The minimum absolute atomic E-state index is 0.103. The molecule has 1 aliphatic rings. The van der Waals surface area contributed by atoms with Gasteiger partial charge in [0.05, 0.1) is 13.2 Å². The number of hydrogen-bond acceptors (Lipinski definition) is 6. The number of benzene rings is 2. The van der Waals surface area contributed by atoms with Crippen molar-refractivity contribution in [1.29, 1.82) is 0 Å². The molecular formula is C19H19N3O4. The molecule has 0 aliphatic carbocycles. The first kappa shape index (κ1) is 16.7. The molecule has 7 nitrogen and oxygen atoms in total. The summed E-state index contributed by atoms with van der Waals surface area (Å²) in [6, 6.07) is 17.1. The number of nitrogens with zero attached hydrogens (tertiary/aromatic N) is 3. The van der Waals surface area contributed by atoms with Crippen molar-refractivity contribution in [2.75, 3.05) is 13.2 Å². The van der Waals surface area contributed by atoms with Gasteiger partial charge in [-0.25, -0.2) is 9.67 Å². The second-order valence-electron chi connectivity index (χ2n) is 6.02. The first-order chi connectivity index (χ1) is 12.8. The van der Waals surface area contributed by atoms with Crippen LogP contribution in [0.2, 0.25) is 0 Å². The Hall–Kier alpha value is -2.74. The predicted molar refractivity (Wildman–Crippen MR) is 92.6 cm³/mol. The van der Waals surface area contributed by atoms with Crippen LogP contribution in [-0.2, 0) is 21.8 Å². The van der Waals surface area contributed by atoms with E-state index in [-0.39, 0.29) is 12.7 Å². The second kappa shape index (κ2) is 7.25. The van der Waals surface area contributed by atoms with Crippen LogP contribution in [0.25, 0.3) is 0 Å². The lowest BCUT2D eigenvalue weighted by molar-refractivity contribution is -0.191. The number of ether oxygens (including phenoxy) is 3. The fraction of sp³-hybridized carbons (Fsp3) is 0.263. The molecule has 7 heteroatoms. The Morgan fingerprint density at radius 2 is 1.88 bits per heavy atom. The molecule has 3 aromatic rings. The maximum atomic E-state index is 9.42. The van der Waals surface area contributed by atoms with Crippen molar-refractivity contribution in [2.24, 2.45) is 0 Å². The summed E-state index contributed by atoms with van der Waals surface area (Å²) in [6.45, 7) is 0.546. The van der Waals surface area contributed by atoms with E-state index in [1.807, 2.05) is 54.6 Å². The van der Waals surface area contributed by atoms with Crippen LogP contribution in [-0.4, -0.2) is 39.2 Å². The van der Waals surface area contributed by atoms with E-state index in [0.29, 0.717) is 18.9 Å². The summed E-state index contributed by atoms with van der Waals surface area (Å²) >= 11 is 0. The lowest BCUT2D eigenvalue weighted by atomic mass is 10.1. The minimum atomic E-state index is -1.02. The zero-order chi connectivity index (χ0) is 17.8. The quantitative estimate of drug-likeness (QED) is 0.733. The molecule has 0 radical (unpaired) electrons. The number of aliphatic hydroxyl groups excluding tert-OH is 1. The van der Waals surface area contributed by atoms with Crippen molar-refractivity contribution >= 4 is 0 Å². The Morgan fingerprint density at radius 3 is 2.54 bits per heavy atom. The largest absolute Gasteiger partial charge is 0.457 e. The van der Waals surface area contributed by atoms with Crippen LogP contribution in [0.15, 0.2) is 67.3 Å². The summed E-state index contributed by atoms with van der Waals surface area (Å²) in [6.07, 6.45) is 2.69. The summed E-state index contributed by atoms with van der Waals surface area (Å²) in [4.78, 5) is 3.96. The van der Waals surface area contributed by atoms with Crippen molar-refractivity contribution in [3.63, 3.8) is 0 Å². The first-order valence-corrected chi connectivity index (χ1v) is 8.36. The molecule has 1 fully saturated rings. The average Bonchev–Trinajstić information content (AvgIpc) is 3.34. The third-order valence-corrected chi connectivity index (χ3v) is 4.17. The molecule has 0 spiro atoms. The van der Waals surface area contributed by atoms with Gasteiger partial charge in [-0.2, -0.15) is 5.10 Å². The molecule has 2 unspecified atom stereocenters. The molecule has 26 heavy (non-hydrogen) atoms. The Bertz CT molecular complexity index is 824. The first-order valence-electron chi connectivity index (χ1n) is 8.36. The fourth-order valence-corrected chi connectivity index (χ4v) is 2.91. The van der Waals surface area contributed by atoms with E-state index in [1.165, 1.54) is 6.33 Å². The normalized spacial score (nSPS) is 22.4. The Labute approximate surface area is 150 Å². The minimum Gasteiger partial charge on any atom is -0.457 e. The van der Waals surface area contributed by atoms with Crippen LogP contribution < -0.4 is 4.74 Å². The van der Waals surface area contributed by atoms with Gasteiger partial charge >= 0.3 is 0 Å². The van der Waals surface area contributed by atoms with Gasteiger partial charge in [-0.3, -0.25) is 0 Å². The van der Waals surface area contributed by atoms with Gasteiger partial charge in [0.25, 0.3) is 0 Å². The van der Waals surface area contributed by atoms with Crippen molar-refractivity contribution in [1.82, 2.24) is 14.8 Å². The molecule has 1 aliphatic heterocycles. The third kappa shape index (κ3) is 3.45. The number of hydrogen-bond donors (Lipinski definition) is 1. The van der Waals surface area contributed by atoms with Gasteiger partial charge in [0.15, 0.2) is 0 Å². The van der Waals surface area contributed by atoms with Gasteiger partial charge in [0.2, 0.25) is 5.79 Å². The maximum absolute atomic E-state index is 9.42. The molecule has 2 heterocycles. The highest BCUT2D eigenvalue weighted by Crippen LogP contribution is 2.37. The van der Waals surface area contributed by atoms with E-state index in [2.05, 4.69) is 10.1 Å². The number of aromatic nitrogens is 3. The highest BCUT2D eigenvalue weighted by molar-refractivity contribution is 5.34. The highest BCUT2D eigenvalue weighted by atomic mass is 16.7. The standard InChI is InChI=1S/C19H19N3O4/c23-10-18-11-24-19(26-18,12-22-14-20-13-21-22)15-6-8-17(9-7-15)25-16-4-2-1-3-5-16/h1-9,13-14,18,23H,10-12H2. The number of aliphatic hydroxyl groups is 1. The molecule has 2 atom stereocenters. The topological polar surface area (TPSA) is 78.6 Å². The van der Waals surface area contributed by atoms with Gasteiger partial charge < -0.3 is 19.3 Å². The molecule has 0 bridgehead atoms. The lowest BCUT2D eigenvalue weighted by Gasteiger charge is -2.28. The monoisotopic (exact) mass is 353 g/mol. The number of rotatable bonds is 6. The number of para-hydroxylation sites is 1. The van der Waals surface area contributed by atoms with Crippen LogP contribution in [0.3, 0.4) is 0 Å². The van der Waals surface area contributed by atoms with Crippen LogP contribution in [0.5, 0.6) is 11.5 Å². The molecule has 0 saturated carbocycles. The van der Waals surface area contributed by atoms with Gasteiger partial charge in [-0.05, 0) is 36.4 Å². The molecule has 1 aromatic heterocycles. The summed E-state index contributed by atoms with van der Waals surface area (Å²) in [7, 11) is 0. The van der Waals surface area contributed by atoms with E-state index in [0.717, 1.165) is 11.3 Å². The average molecular weight is 353 g/mol. The maximum Gasteiger partial charge on any atom is 0.215 e. The summed E-state index contributed by atoms with van der Waals surface area (Å²) in [5.41, 5.74) is 0.823.